The van der Waals surface area contributed by atoms with Crippen LogP contribution in [0.4, 0.5) is 0 Å². The van der Waals surface area contributed by atoms with E-state index in [1.54, 1.807) is 0 Å². The van der Waals surface area contributed by atoms with Crippen LogP contribution in [0.5, 0.6) is 0 Å². The van der Waals surface area contributed by atoms with E-state index in [9.17, 15) is 4.79 Å². The van der Waals surface area contributed by atoms with E-state index in [1.165, 1.54) is 0 Å². The lowest BCUT2D eigenvalue weighted by atomic mass is 9.78. The van der Waals surface area contributed by atoms with Gasteiger partial charge in [-0.25, -0.2) is 0 Å². The normalized spacial score (nSPS) is 25.4. The molecule has 112 valence electrons. The maximum absolute atomic E-state index is 11.9. The van der Waals surface area contributed by atoms with Gasteiger partial charge in [-0.15, -0.1) is 0 Å². The molecule has 3 atom stereocenters. The molecule has 1 aliphatic rings. The molecule has 0 spiro atoms. The lowest BCUT2D eigenvalue weighted by molar-refractivity contribution is -0.152. The van der Waals surface area contributed by atoms with E-state index in [-0.39, 0.29) is 24.0 Å². The quantitative estimate of drug-likeness (QED) is 0.579. The van der Waals surface area contributed by atoms with Crippen LogP contribution in [-0.2, 0) is 13.6 Å². The highest BCUT2D eigenvalue weighted by Gasteiger charge is 2.47. The van der Waals surface area contributed by atoms with Crippen LogP contribution in [-0.4, -0.2) is 36.1 Å². The van der Waals surface area contributed by atoms with Crippen molar-refractivity contribution in [1.29, 1.82) is 0 Å². The standard InChI is InChI=1S/C13H29NO3Si2/c1-9(2)10(8-16-18(3)4)11-12(15)14-13(11)17-19(5,6)7/h9-11,13,18H,8H2,1-7H3,(H,14,15)/t10-,11?,13?/m1/s1. The highest BCUT2D eigenvalue weighted by Crippen LogP contribution is 2.32. The van der Waals surface area contributed by atoms with Crippen molar-refractivity contribution in [2.24, 2.45) is 17.8 Å². The summed E-state index contributed by atoms with van der Waals surface area (Å²) < 4.78 is 11.9. The Kier molecular flexibility index (Phi) is 5.79. The van der Waals surface area contributed by atoms with Gasteiger partial charge in [-0.05, 0) is 44.6 Å². The second-order valence-corrected chi connectivity index (χ2v) is 13.9. The highest BCUT2D eigenvalue weighted by molar-refractivity contribution is 6.69. The molecule has 0 aromatic rings. The van der Waals surface area contributed by atoms with Crippen LogP contribution >= 0.6 is 0 Å². The number of hydrogen-bond donors (Lipinski definition) is 1. The topological polar surface area (TPSA) is 47.6 Å². The summed E-state index contributed by atoms with van der Waals surface area (Å²) in [4.78, 5) is 11.9. The molecule has 19 heavy (non-hydrogen) atoms. The van der Waals surface area contributed by atoms with Crippen molar-refractivity contribution in [1.82, 2.24) is 5.32 Å². The molecule has 1 amide bonds. The highest BCUT2D eigenvalue weighted by atomic mass is 28.4. The largest absolute Gasteiger partial charge is 0.420 e. The van der Waals surface area contributed by atoms with E-state index >= 15 is 0 Å². The Bertz CT molecular complexity index is 316. The lowest BCUT2D eigenvalue weighted by Crippen LogP contribution is -2.65. The summed E-state index contributed by atoms with van der Waals surface area (Å²) in [6.07, 6.45) is -0.107. The smallest absolute Gasteiger partial charge is 0.229 e. The van der Waals surface area contributed by atoms with Crippen molar-refractivity contribution in [3.05, 3.63) is 0 Å². The third-order valence-electron chi connectivity index (χ3n) is 3.33. The second-order valence-electron chi connectivity index (χ2n) is 6.98. The van der Waals surface area contributed by atoms with Crippen molar-refractivity contribution >= 4 is 23.3 Å². The van der Waals surface area contributed by atoms with Crippen LogP contribution in [0.15, 0.2) is 0 Å². The van der Waals surface area contributed by atoms with Crippen LogP contribution in [0.2, 0.25) is 32.7 Å². The van der Waals surface area contributed by atoms with Crippen molar-refractivity contribution in [3.8, 4) is 0 Å². The molecule has 0 bridgehead atoms. The molecular weight excluding hydrogens is 274 g/mol. The zero-order chi connectivity index (χ0) is 14.8. The number of amides is 1. The van der Waals surface area contributed by atoms with Gasteiger partial charge in [-0.3, -0.25) is 4.79 Å². The Hall–Kier alpha value is -0.176. The minimum absolute atomic E-state index is 0.0422. The number of hydrogen-bond acceptors (Lipinski definition) is 3. The molecule has 0 radical (unpaired) electrons. The molecule has 0 aromatic carbocycles. The predicted octanol–water partition coefficient (Wildman–Crippen LogP) is 2.18. The summed E-state index contributed by atoms with van der Waals surface area (Å²) in [5.41, 5.74) is 0. The van der Waals surface area contributed by atoms with Gasteiger partial charge in [0.05, 0.1) is 5.92 Å². The molecule has 1 saturated heterocycles. The Morgan fingerprint density at radius 1 is 1.32 bits per heavy atom. The summed E-state index contributed by atoms with van der Waals surface area (Å²) in [7, 11) is -2.68. The van der Waals surface area contributed by atoms with E-state index in [4.69, 9.17) is 8.85 Å². The van der Waals surface area contributed by atoms with Gasteiger partial charge in [0, 0.05) is 6.61 Å². The summed E-state index contributed by atoms with van der Waals surface area (Å²) in [5, 5.41) is 2.90. The molecule has 4 nitrogen and oxygen atoms in total. The number of carbonyl (C=O) groups excluding carboxylic acids is 1. The zero-order valence-electron chi connectivity index (χ0n) is 13.3. The van der Waals surface area contributed by atoms with Crippen molar-refractivity contribution in [3.63, 3.8) is 0 Å². The average Bonchev–Trinajstić information content (AvgIpc) is 2.20. The lowest BCUT2D eigenvalue weighted by Gasteiger charge is -2.45. The summed E-state index contributed by atoms with van der Waals surface area (Å²) in [6.45, 7) is 15.8. The molecule has 0 aliphatic carbocycles. The third-order valence-corrected chi connectivity index (χ3v) is 5.15. The first kappa shape index (κ1) is 16.9. The molecule has 0 aromatic heterocycles. The minimum atomic E-state index is -1.63. The van der Waals surface area contributed by atoms with E-state index in [1.807, 2.05) is 0 Å². The first-order valence-electron chi connectivity index (χ1n) is 7.21. The third kappa shape index (κ3) is 5.02. The van der Waals surface area contributed by atoms with E-state index in [0.29, 0.717) is 12.5 Å². The molecule has 0 saturated carbocycles. The Morgan fingerprint density at radius 2 is 1.89 bits per heavy atom. The van der Waals surface area contributed by atoms with Crippen LogP contribution in [0, 0.1) is 17.8 Å². The van der Waals surface area contributed by atoms with E-state index in [0.717, 1.165) is 0 Å². The van der Waals surface area contributed by atoms with Gasteiger partial charge < -0.3 is 14.2 Å². The average molecular weight is 304 g/mol. The molecule has 1 N–H and O–H groups in total. The molecule has 1 rings (SSSR count). The molecular formula is C13H29NO3Si2. The van der Waals surface area contributed by atoms with Crippen molar-refractivity contribution < 1.29 is 13.6 Å². The number of rotatable bonds is 7. The summed E-state index contributed by atoms with van der Waals surface area (Å²) >= 11 is 0. The fraction of sp³-hybridized carbons (Fsp3) is 0.923. The summed E-state index contributed by atoms with van der Waals surface area (Å²) in [5.74, 6) is 0.761. The first-order chi connectivity index (χ1) is 8.61. The SMILES string of the molecule is CC(C)[C@@H](CO[SiH](C)C)C1C(=O)NC1O[Si](C)(C)C. The minimum Gasteiger partial charge on any atom is -0.420 e. The molecule has 2 unspecified atom stereocenters. The second kappa shape index (κ2) is 6.52. The van der Waals surface area contributed by atoms with Crippen molar-refractivity contribution in [2.75, 3.05) is 6.61 Å². The predicted molar refractivity (Wildman–Crippen MR) is 83.0 cm³/mol. The first-order valence-corrected chi connectivity index (χ1v) is 13.4. The molecule has 1 fully saturated rings. The van der Waals surface area contributed by atoms with Crippen LogP contribution < -0.4 is 5.32 Å². The fourth-order valence-electron chi connectivity index (χ4n) is 2.28. The fourth-order valence-corrected chi connectivity index (χ4v) is 3.86. The van der Waals surface area contributed by atoms with Crippen LogP contribution in [0.25, 0.3) is 0 Å². The number of β-lactam (4-membered cyclic amide) rings is 1. The van der Waals surface area contributed by atoms with E-state index in [2.05, 4.69) is 51.9 Å². The van der Waals surface area contributed by atoms with Gasteiger partial charge in [0.25, 0.3) is 0 Å². The van der Waals surface area contributed by atoms with Gasteiger partial charge in [0.1, 0.15) is 6.23 Å². The van der Waals surface area contributed by atoms with Crippen LogP contribution in [0.3, 0.4) is 0 Å². The Balaban J connectivity index is 2.68. The molecule has 1 heterocycles. The van der Waals surface area contributed by atoms with Gasteiger partial charge in [0.15, 0.2) is 17.4 Å². The van der Waals surface area contributed by atoms with E-state index < -0.39 is 17.4 Å². The number of nitrogens with one attached hydrogen (secondary N) is 1. The molecule has 1 aliphatic heterocycles. The maximum atomic E-state index is 11.9. The van der Waals surface area contributed by atoms with Gasteiger partial charge in [-0.2, -0.15) is 0 Å². The summed E-state index contributed by atoms with van der Waals surface area (Å²) in [6, 6.07) is 0. The molecule has 6 heteroatoms. The number of carbonyl (C=O) groups is 1. The maximum Gasteiger partial charge on any atom is 0.229 e. The van der Waals surface area contributed by atoms with Crippen LogP contribution in [0.1, 0.15) is 13.8 Å². The van der Waals surface area contributed by atoms with Gasteiger partial charge in [0.2, 0.25) is 5.91 Å². The Morgan fingerprint density at radius 3 is 2.26 bits per heavy atom. The van der Waals surface area contributed by atoms with Crippen molar-refractivity contribution in [2.45, 2.75) is 52.8 Å². The van der Waals surface area contributed by atoms with Gasteiger partial charge >= 0.3 is 0 Å². The Labute approximate surface area is 120 Å². The monoisotopic (exact) mass is 303 g/mol. The van der Waals surface area contributed by atoms with Gasteiger partial charge in [-0.1, -0.05) is 13.8 Å². The zero-order valence-corrected chi connectivity index (χ0v) is 15.5.